The quantitative estimate of drug-likeness (QED) is 0.142. The molecule has 0 aliphatic carbocycles. The van der Waals surface area contributed by atoms with E-state index >= 15 is 0 Å². The number of aromatic nitrogens is 2. The molecule has 0 bridgehead atoms. The molecule has 0 unspecified atom stereocenters. The van der Waals surface area contributed by atoms with Gasteiger partial charge in [0.2, 0.25) is 5.82 Å². The van der Waals surface area contributed by atoms with E-state index in [0.29, 0.717) is 32.1 Å². The molecule has 0 aromatic carbocycles. The van der Waals surface area contributed by atoms with Crippen LogP contribution in [-0.4, -0.2) is 138 Å². The molecular weight excluding hydrogens is 712 g/mol. The van der Waals surface area contributed by atoms with E-state index < -0.39 is 78.3 Å². The van der Waals surface area contributed by atoms with Gasteiger partial charge in [-0.15, -0.1) is 4.37 Å². The highest BCUT2D eigenvalue weighted by Crippen LogP contribution is 2.27. The Morgan fingerprint density at radius 1 is 0.827 bits per heavy atom. The highest BCUT2D eigenvalue weighted by molar-refractivity contribution is 6.99. The smallest absolute Gasteiger partial charge is 0.347 e. The Hall–Kier alpha value is -4.59. The zero-order chi connectivity index (χ0) is 39.0. The highest BCUT2D eigenvalue weighted by Gasteiger charge is 2.35. The molecule has 1 amide bonds. The van der Waals surface area contributed by atoms with Gasteiger partial charge >= 0.3 is 35.8 Å². The fourth-order valence-electron chi connectivity index (χ4n) is 4.47. The number of rotatable bonds is 19. The van der Waals surface area contributed by atoms with Crippen LogP contribution < -0.4 is 9.64 Å². The van der Waals surface area contributed by atoms with Gasteiger partial charge in [0, 0.05) is 25.6 Å². The molecule has 292 valence electrons. The average molecular weight is 761 g/mol. The molecule has 4 atom stereocenters. The van der Waals surface area contributed by atoms with Gasteiger partial charge in [-0.3, -0.25) is 19.2 Å². The van der Waals surface area contributed by atoms with E-state index in [-0.39, 0.29) is 38.5 Å². The number of carbonyl (C=O) groups is 7. The van der Waals surface area contributed by atoms with Gasteiger partial charge in [0.1, 0.15) is 6.61 Å². The molecule has 2 rings (SSSR count). The predicted molar refractivity (Wildman–Crippen MR) is 179 cm³/mol. The van der Waals surface area contributed by atoms with Crippen molar-refractivity contribution >= 4 is 59.3 Å². The van der Waals surface area contributed by atoms with Crippen LogP contribution in [0.3, 0.4) is 0 Å². The summed E-state index contributed by atoms with van der Waals surface area (Å²) in [7, 11) is 0. The number of ether oxygens (including phenoxy) is 8. The van der Waals surface area contributed by atoms with E-state index in [4.69, 9.17) is 37.9 Å². The maximum atomic E-state index is 13.7. The third-order valence-corrected chi connectivity index (χ3v) is 7.55. The van der Waals surface area contributed by atoms with Crippen molar-refractivity contribution in [2.75, 3.05) is 57.6 Å². The van der Waals surface area contributed by atoms with Crippen molar-refractivity contribution in [2.45, 2.75) is 98.2 Å². The maximum Gasteiger partial charge on any atom is 0.347 e. The molecule has 1 aliphatic heterocycles. The van der Waals surface area contributed by atoms with Crippen LogP contribution in [0.4, 0.5) is 5.82 Å². The summed E-state index contributed by atoms with van der Waals surface area (Å²) in [4.78, 5) is 89.5. The molecule has 0 spiro atoms. The number of hydrogen-bond donors (Lipinski definition) is 0. The molecule has 2 heterocycles. The largest absolute Gasteiger partial charge is 0.470 e. The third-order valence-electron chi connectivity index (χ3n) is 7.05. The molecule has 1 aromatic heterocycles. The average Bonchev–Trinajstić information content (AvgIpc) is 3.55. The van der Waals surface area contributed by atoms with Gasteiger partial charge in [-0.1, -0.05) is 0 Å². The molecule has 52 heavy (non-hydrogen) atoms. The number of nitrogens with zero attached hydrogens (tertiary/aromatic N) is 4. The Balaban J connectivity index is 2.10. The first-order valence-electron chi connectivity index (χ1n) is 16.6. The predicted octanol–water partition coefficient (Wildman–Crippen LogP) is 0.994. The van der Waals surface area contributed by atoms with Gasteiger partial charge < -0.3 is 47.7 Å². The Kier molecular flexibility index (Phi) is 17.6. The lowest BCUT2D eigenvalue weighted by atomic mass is 10.0. The van der Waals surface area contributed by atoms with Crippen molar-refractivity contribution in [2.24, 2.45) is 0 Å². The van der Waals surface area contributed by atoms with Crippen molar-refractivity contribution in [3.8, 4) is 5.88 Å². The van der Waals surface area contributed by atoms with Crippen LogP contribution in [-0.2, 0) is 66.7 Å². The summed E-state index contributed by atoms with van der Waals surface area (Å²) in [6.07, 6.45) is -5.68. The summed E-state index contributed by atoms with van der Waals surface area (Å²) < 4.78 is 50.2. The fourth-order valence-corrected chi connectivity index (χ4v) is 5.00. The fraction of sp³-hybridized carbons (Fsp3) is 0.719. The summed E-state index contributed by atoms with van der Waals surface area (Å²) in [6.45, 7) is 12.6. The third kappa shape index (κ3) is 14.9. The van der Waals surface area contributed by atoms with Gasteiger partial charge in [0.15, 0.2) is 31.0 Å². The summed E-state index contributed by atoms with van der Waals surface area (Å²) >= 11 is 0.937. The molecule has 0 saturated carbocycles. The van der Waals surface area contributed by atoms with E-state index in [1.807, 2.05) is 4.90 Å². The molecule has 20 heteroatoms. The van der Waals surface area contributed by atoms with E-state index in [0.717, 1.165) is 18.7 Å². The molecule has 19 nitrogen and oxygen atoms in total. The summed E-state index contributed by atoms with van der Waals surface area (Å²) in [5, 5.41) is 0. The Bertz CT molecular complexity index is 1390. The molecule has 0 N–H and O–H groups in total. The number of anilines is 1. The van der Waals surface area contributed by atoms with E-state index in [1.54, 1.807) is 27.7 Å². The molecule has 1 saturated heterocycles. The zero-order valence-electron chi connectivity index (χ0n) is 30.7. The van der Waals surface area contributed by atoms with Gasteiger partial charge in [0.25, 0.3) is 11.8 Å². The summed E-state index contributed by atoms with van der Waals surface area (Å²) in [5.41, 5.74) is -0.899. The van der Waals surface area contributed by atoms with Crippen LogP contribution in [0.1, 0.15) is 68.2 Å². The Labute approximate surface area is 305 Å². The number of esters is 6. The van der Waals surface area contributed by atoms with Gasteiger partial charge in [0.05, 0.1) is 50.9 Å². The molecule has 1 aliphatic rings. The summed E-state index contributed by atoms with van der Waals surface area (Å²) in [5.74, 6) is -5.19. The molecule has 1 fully saturated rings. The minimum absolute atomic E-state index is 0.151. The van der Waals surface area contributed by atoms with E-state index in [2.05, 4.69) is 8.75 Å². The van der Waals surface area contributed by atoms with Crippen LogP contribution in [0.25, 0.3) is 0 Å². The second-order valence-corrected chi connectivity index (χ2v) is 12.9. The van der Waals surface area contributed by atoms with Crippen molar-refractivity contribution in [1.82, 2.24) is 13.6 Å². The second-order valence-electron chi connectivity index (χ2n) is 12.4. The van der Waals surface area contributed by atoms with Crippen LogP contribution in [0.5, 0.6) is 5.88 Å². The van der Waals surface area contributed by atoms with Gasteiger partial charge in [-0.25, -0.2) is 14.4 Å². The van der Waals surface area contributed by atoms with E-state index in [1.165, 1.54) is 25.7 Å². The van der Waals surface area contributed by atoms with Crippen LogP contribution in [0, 0.1) is 0 Å². The minimum atomic E-state index is -1.45. The number of amides is 1. The van der Waals surface area contributed by atoms with Crippen LogP contribution >= 0.6 is 11.7 Å². The Morgan fingerprint density at radius 3 is 2.08 bits per heavy atom. The van der Waals surface area contributed by atoms with Crippen molar-refractivity contribution < 1.29 is 71.5 Å². The monoisotopic (exact) mass is 760 g/mol. The minimum Gasteiger partial charge on any atom is -0.470 e. The Morgan fingerprint density at radius 2 is 1.46 bits per heavy atom. The number of morpholine rings is 1. The standard InChI is InChI=1S/C32H48N4O15S/c1-9-45-24(38)10-11-25(39)51-23(17-46-28-27(33-52-34-28)35-12-14-44-15-13-35)16-36(32(6,7)8)29(41)19(2)49-26(40)18-47-30(42)20(3)50-31(43)21(4)48-22(5)37/h19-21,23H,9-18H2,1-8H3/t19-,20-,21-,23-/m0/s1. The van der Waals surface area contributed by atoms with Crippen LogP contribution in [0.2, 0.25) is 0 Å². The van der Waals surface area contributed by atoms with Crippen molar-refractivity contribution in [3.05, 3.63) is 0 Å². The second kappa shape index (κ2) is 21.1. The van der Waals surface area contributed by atoms with E-state index in [9.17, 15) is 33.6 Å². The SMILES string of the molecule is CCOC(=O)CCC(=O)O[C@H](COc1nsnc1N1CCOCC1)CN(C(=O)[C@H](C)OC(=O)COC(=O)[C@H](C)OC(=O)[C@H](C)OC(C)=O)C(C)(C)C. The maximum absolute atomic E-state index is 13.7. The normalized spacial score (nSPS) is 15.2. The first-order valence-corrected chi connectivity index (χ1v) is 17.3. The molecular formula is C32H48N4O15S. The topological polar surface area (TPSA) is 226 Å². The first kappa shape index (κ1) is 43.6. The van der Waals surface area contributed by atoms with Crippen LogP contribution in [0.15, 0.2) is 0 Å². The highest BCUT2D eigenvalue weighted by atomic mass is 32.1. The number of carbonyl (C=O) groups excluding carboxylic acids is 7. The lowest BCUT2D eigenvalue weighted by Crippen LogP contribution is -2.54. The molecule has 1 aromatic rings. The van der Waals surface area contributed by atoms with Gasteiger partial charge in [-0.2, -0.15) is 4.37 Å². The van der Waals surface area contributed by atoms with Gasteiger partial charge in [-0.05, 0) is 48.5 Å². The summed E-state index contributed by atoms with van der Waals surface area (Å²) in [6, 6.07) is 0. The lowest BCUT2D eigenvalue weighted by Gasteiger charge is -2.39. The zero-order valence-corrected chi connectivity index (χ0v) is 31.5. The van der Waals surface area contributed by atoms with Crippen molar-refractivity contribution in [1.29, 1.82) is 0 Å². The number of hydrogen-bond acceptors (Lipinski definition) is 19. The first-order chi connectivity index (χ1) is 24.4. The molecule has 0 radical (unpaired) electrons. The van der Waals surface area contributed by atoms with Crippen molar-refractivity contribution in [3.63, 3.8) is 0 Å². The lowest BCUT2D eigenvalue weighted by molar-refractivity contribution is -0.179.